The molecule has 0 aliphatic rings. The van der Waals surface area contributed by atoms with Gasteiger partial charge in [-0.15, -0.1) is 0 Å². The van der Waals surface area contributed by atoms with E-state index in [9.17, 15) is 13.2 Å². The summed E-state index contributed by atoms with van der Waals surface area (Å²) in [5, 5.41) is 3.09. The Hall–Kier alpha value is -3.90. The van der Waals surface area contributed by atoms with E-state index in [-0.39, 0.29) is 11.4 Å². The normalized spacial score (nSPS) is 12.2. The van der Waals surface area contributed by atoms with Crippen LogP contribution < -0.4 is 9.62 Å². The SMILES string of the molecule is Cc1ccc([C@@H](NC(=O)CN(c2ccc(C(C)C)cc2)S(=O)(=O)c2ccc(C)cc2)c2ccccc2)cc1. The van der Waals surface area contributed by atoms with Crippen molar-refractivity contribution in [2.24, 2.45) is 0 Å². The van der Waals surface area contributed by atoms with Crippen LogP contribution in [0.1, 0.15) is 53.6 Å². The smallest absolute Gasteiger partial charge is 0.264 e. The Morgan fingerprint density at radius 1 is 0.711 bits per heavy atom. The van der Waals surface area contributed by atoms with Gasteiger partial charge in [-0.25, -0.2) is 8.42 Å². The molecule has 4 rings (SSSR count). The van der Waals surface area contributed by atoms with Gasteiger partial charge in [0.05, 0.1) is 16.6 Å². The first-order valence-corrected chi connectivity index (χ1v) is 14.2. The van der Waals surface area contributed by atoms with E-state index in [0.717, 1.165) is 27.8 Å². The number of anilines is 1. The minimum Gasteiger partial charge on any atom is -0.344 e. The van der Waals surface area contributed by atoms with Crippen molar-refractivity contribution in [1.82, 2.24) is 5.32 Å². The summed E-state index contributed by atoms with van der Waals surface area (Å²) in [7, 11) is -4.00. The third-order valence-corrected chi connectivity index (χ3v) is 8.38. The summed E-state index contributed by atoms with van der Waals surface area (Å²) < 4.78 is 28.8. The number of hydrogen-bond donors (Lipinski definition) is 1. The Labute approximate surface area is 226 Å². The summed E-state index contributed by atoms with van der Waals surface area (Å²) in [5.74, 6) is -0.0984. The second-order valence-corrected chi connectivity index (χ2v) is 11.8. The molecule has 196 valence electrons. The maximum atomic E-state index is 13.8. The molecule has 0 spiro atoms. The highest BCUT2D eigenvalue weighted by atomic mass is 32.2. The van der Waals surface area contributed by atoms with Crippen LogP contribution in [-0.2, 0) is 14.8 Å². The van der Waals surface area contributed by atoms with E-state index < -0.39 is 22.0 Å². The van der Waals surface area contributed by atoms with Crippen molar-refractivity contribution in [2.45, 2.75) is 44.6 Å². The molecule has 38 heavy (non-hydrogen) atoms. The predicted octanol–water partition coefficient (Wildman–Crippen LogP) is 6.53. The molecule has 0 aliphatic carbocycles. The minimum atomic E-state index is -4.00. The molecule has 0 fully saturated rings. The lowest BCUT2D eigenvalue weighted by Crippen LogP contribution is -2.42. The van der Waals surface area contributed by atoms with Crippen LogP contribution in [0.5, 0.6) is 0 Å². The van der Waals surface area contributed by atoms with E-state index >= 15 is 0 Å². The van der Waals surface area contributed by atoms with Crippen molar-refractivity contribution >= 4 is 21.6 Å². The Morgan fingerprint density at radius 3 is 1.76 bits per heavy atom. The molecule has 5 nitrogen and oxygen atoms in total. The molecule has 0 radical (unpaired) electrons. The van der Waals surface area contributed by atoms with Crippen LogP contribution in [0.15, 0.2) is 108 Å². The number of benzene rings is 4. The molecule has 0 saturated carbocycles. The first-order valence-electron chi connectivity index (χ1n) is 12.8. The van der Waals surface area contributed by atoms with Crippen molar-refractivity contribution in [2.75, 3.05) is 10.8 Å². The van der Waals surface area contributed by atoms with Crippen LogP contribution >= 0.6 is 0 Å². The van der Waals surface area contributed by atoms with E-state index in [2.05, 4.69) is 19.2 Å². The third-order valence-electron chi connectivity index (χ3n) is 6.59. The molecular weight excluding hydrogens is 492 g/mol. The standard InChI is InChI=1S/C32H34N2O3S/c1-23(2)26-16-18-29(19-17-26)34(38(36,37)30-20-12-25(4)13-21-30)22-31(35)33-32(27-8-6-5-7-9-27)28-14-10-24(3)11-15-28/h5-21,23,32H,22H2,1-4H3,(H,33,35)/t32-/m0/s1. The molecule has 1 amide bonds. The number of rotatable bonds is 9. The second-order valence-electron chi connectivity index (χ2n) is 9.89. The number of sulfonamides is 1. The number of amides is 1. The van der Waals surface area contributed by atoms with Gasteiger partial charge in [0.1, 0.15) is 6.54 Å². The van der Waals surface area contributed by atoms with Crippen molar-refractivity contribution in [1.29, 1.82) is 0 Å². The highest BCUT2D eigenvalue weighted by Crippen LogP contribution is 2.27. The fraction of sp³-hybridized carbons (Fsp3) is 0.219. The zero-order valence-electron chi connectivity index (χ0n) is 22.3. The molecule has 1 atom stereocenters. The van der Waals surface area contributed by atoms with Gasteiger partial charge in [0.2, 0.25) is 5.91 Å². The summed E-state index contributed by atoms with van der Waals surface area (Å²) in [6.07, 6.45) is 0. The van der Waals surface area contributed by atoms with Crippen LogP contribution in [0.25, 0.3) is 0 Å². The van der Waals surface area contributed by atoms with Crippen LogP contribution in [0.3, 0.4) is 0 Å². The summed E-state index contributed by atoms with van der Waals surface area (Å²) in [6, 6.07) is 31.3. The number of nitrogens with zero attached hydrogens (tertiary/aromatic N) is 1. The largest absolute Gasteiger partial charge is 0.344 e. The lowest BCUT2D eigenvalue weighted by molar-refractivity contribution is -0.120. The van der Waals surface area contributed by atoms with Crippen LogP contribution in [-0.4, -0.2) is 20.9 Å². The molecule has 6 heteroatoms. The Bertz CT molecular complexity index is 1460. The molecule has 0 bridgehead atoms. The Balaban J connectivity index is 1.69. The zero-order valence-corrected chi connectivity index (χ0v) is 23.1. The first kappa shape index (κ1) is 27.1. The summed E-state index contributed by atoms with van der Waals surface area (Å²) in [4.78, 5) is 13.7. The maximum Gasteiger partial charge on any atom is 0.264 e. The fourth-order valence-electron chi connectivity index (χ4n) is 4.28. The average Bonchev–Trinajstić information content (AvgIpc) is 2.92. The Morgan fingerprint density at radius 2 is 1.21 bits per heavy atom. The molecule has 1 N–H and O–H groups in total. The van der Waals surface area contributed by atoms with Gasteiger partial charge in [-0.2, -0.15) is 0 Å². The van der Waals surface area contributed by atoms with Gasteiger partial charge >= 0.3 is 0 Å². The molecule has 4 aromatic carbocycles. The Kier molecular flexibility index (Phi) is 8.32. The number of aryl methyl sites for hydroxylation is 2. The molecule has 0 aromatic heterocycles. The molecule has 0 saturated heterocycles. The van der Waals surface area contributed by atoms with E-state index in [1.54, 1.807) is 36.4 Å². The molecule has 0 heterocycles. The predicted molar refractivity (Wildman–Crippen MR) is 154 cm³/mol. The quantitative estimate of drug-likeness (QED) is 0.270. The van der Waals surface area contributed by atoms with Gasteiger partial charge < -0.3 is 5.32 Å². The number of hydrogen-bond acceptors (Lipinski definition) is 3. The summed E-state index contributed by atoms with van der Waals surface area (Å²) in [6.45, 7) is 7.72. The highest BCUT2D eigenvalue weighted by molar-refractivity contribution is 7.92. The van der Waals surface area contributed by atoms with Crippen molar-refractivity contribution < 1.29 is 13.2 Å². The topological polar surface area (TPSA) is 66.5 Å². The molecule has 0 unspecified atom stereocenters. The lowest BCUT2D eigenvalue weighted by atomic mass is 9.98. The molecule has 0 aliphatic heterocycles. The van der Waals surface area contributed by atoms with E-state index in [1.807, 2.05) is 80.6 Å². The third kappa shape index (κ3) is 6.32. The van der Waals surface area contributed by atoms with E-state index in [1.165, 1.54) is 4.31 Å². The molecule has 4 aromatic rings. The van der Waals surface area contributed by atoms with Gasteiger partial charge in [0.25, 0.3) is 10.0 Å². The van der Waals surface area contributed by atoms with E-state index in [4.69, 9.17) is 0 Å². The van der Waals surface area contributed by atoms with Gasteiger partial charge in [0.15, 0.2) is 0 Å². The average molecular weight is 527 g/mol. The van der Waals surface area contributed by atoms with Gasteiger partial charge in [-0.05, 0) is 60.7 Å². The monoisotopic (exact) mass is 526 g/mol. The second kappa shape index (κ2) is 11.7. The summed E-state index contributed by atoms with van der Waals surface area (Å²) >= 11 is 0. The first-order chi connectivity index (χ1) is 18.1. The molecular formula is C32H34N2O3S. The fourth-order valence-corrected chi connectivity index (χ4v) is 5.70. The lowest BCUT2D eigenvalue weighted by Gasteiger charge is -2.26. The van der Waals surface area contributed by atoms with Gasteiger partial charge in [-0.3, -0.25) is 9.10 Å². The minimum absolute atomic E-state index is 0.141. The van der Waals surface area contributed by atoms with Crippen molar-refractivity contribution in [3.8, 4) is 0 Å². The zero-order chi connectivity index (χ0) is 27.3. The highest BCUT2D eigenvalue weighted by Gasteiger charge is 2.28. The summed E-state index contributed by atoms with van der Waals surface area (Å²) in [5.41, 5.74) is 5.44. The maximum absolute atomic E-state index is 13.8. The number of carbonyl (C=O) groups excluding carboxylic acids is 1. The van der Waals surface area contributed by atoms with Crippen LogP contribution in [0.4, 0.5) is 5.69 Å². The number of carbonyl (C=O) groups is 1. The van der Waals surface area contributed by atoms with Crippen LogP contribution in [0, 0.1) is 13.8 Å². The van der Waals surface area contributed by atoms with Gasteiger partial charge in [-0.1, -0.05) is 104 Å². The number of nitrogens with one attached hydrogen (secondary N) is 1. The van der Waals surface area contributed by atoms with Crippen molar-refractivity contribution in [3.05, 3.63) is 131 Å². The van der Waals surface area contributed by atoms with Crippen LogP contribution in [0.2, 0.25) is 0 Å². The van der Waals surface area contributed by atoms with E-state index in [0.29, 0.717) is 11.6 Å². The van der Waals surface area contributed by atoms with Crippen molar-refractivity contribution in [3.63, 3.8) is 0 Å². The van der Waals surface area contributed by atoms with Gasteiger partial charge in [0, 0.05) is 0 Å².